The highest BCUT2D eigenvalue weighted by molar-refractivity contribution is 7.84. The lowest BCUT2D eigenvalue weighted by Gasteiger charge is -2.28. The van der Waals surface area contributed by atoms with Gasteiger partial charge in [-0.05, 0) is 52.6 Å². The maximum Gasteiger partial charge on any atom is 0.385 e. The first kappa shape index (κ1) is 28.4. The average molecular weight is 573 g/mol. The number of nitrogens with two attached hydrogens (primary N) is 1. The number of methoxy groups -OCH3 is 1. The number of carbonyl (C=O) groups is 1. The number of benzene rings is 3. The van der Waals surface area contributed by atoms with Crippen LogP contribution in [0.2, 0.25) is 0 Å². The van der Waals surface area contributed by atoms with Crippen LogP contribution in [0.4, 0.5) is 0 Å². The predicted octanol–water partition coefficient (Wildman–Crippen LogP) is 2.77. The smallest absolute Gasteiger partial charge is 0.385 e. The topological polar surface area (TPSA) is 124 Å². The number of rotatable bonds is 7. The summed E-state index contributed by atoms with van der Waals surface area (Å²) in [5.41, 5.74) is 7.34. The molecule has 5 rings (SSSR count). The molecule has 0 radical (unpaired) electrons. The number of guanidine groups is 1. The second kappa shape index (κ2) is 11.2. The minimum Gasteiger partial charge on any atom is -0.497 e. The number of aliphatic imine (C=N–C) groups is 1. The summed E-state index contributed by atoms with van der Waals surface area (Å²) >= 11 is 0. The predicted molar refractivity (Wildman–Crippen MR) is 149 cm³/mol. The average Bonchev–Trinajstić information content (AvgIpc) is 3.18. The molecule has 39 heavy (non-hydrogen) atoms. The Labute approximate surface area is 233 Å². The molecule has 12 heteroatoms. The molecule has 0 spiro atoms. The summed E-state index contributed by atoms with van der Waals surface area (Å²) in [7, 11) is -0.906. The lowest BCUT2D eigenvalue weighted by Crippen LogP contribution is -2.43. The Morgan fingerprint density at radius 3 is 2.15 bits per heavy atom. The summed E-state index contributed by atoms with van der Waals surface area (Å²) in [4.78, 5) is 19.7. The summed E-state index contributed by atoms with van der Waals surface area (Å²) in [6.07, 6.45) is 0. The molecule has 1 fully saturated rings. The molecule has 2 aliphatic rings. The fourth-order valence-corrected chi connectivity index (χ4v) is 5.68. The Kier molecular flexibility index (Phi) is 8.17. The highest BCUT2D eigenvalue weighted by Gasteiger charge is 2.49. The highest BCUT2D eigenvalue weighted by Crippen LogP contribution is 2.41. The van der Waals surface area contributed by atoms with E-state index in [0.29, 0.717) is 30.1 Å². The second-order valence-electron chi connectivity index (χ2n) is 8.94. The zero-order chi connectivity index (χ0) is 26.9. The van der Waals surface area contributed by atoms with Gasteiger partial charge >= 0.3 is 10.3 Å². The molecule has 3 aromatic rings. The molecule has 0 saturated carbocycles. The molecule has 1 saturated heterocycles. The lowest BCUT2D eigenvalue weighted by atomic mass is 9.81. The van der Waals surface area contributed by atoms with Crippen LogP contribution >= 0.6 is 12.4 Å². The van der Waals surface area contributed by atoms with Gasteiger partial charge in [-0.15, -0.1) is 12.4 Å². The minimum atomic E-state index is -4.06. The Morgan fingerprint density at radius 2 is 1.51 bits per heavy atom. The first-order chi connectivity index (χ1) is 18.2. The van der Waals surface area contributed by atoms with Crippen molar-refractivity contribution in [3.05, 3.63) is 83.9 Å². The van der Waals surface area contributed by atoms with Crippen LogP contribution in [0.1, 0.15) is 11.1 Å². The van der Waals surface area contributed by atoms with E-state index in [1.165, 1.54) is 21.3 Å². The monoisotopic (exact) mass is 572 g/mol. The van der Waals surface area contributed by atoms with Crippen LogP contribution in [0.15, 0.2) is 77.8 Å². The summed E-state index contributed by atoms with van der Waals surface area (Å²) in [5, 5.41) is 0. The minimum absolute atomic E-state index is 0. The third kappa shape index (κ3) is 5.30. The van der Waals surface area contributed by atoms with Crippen molar-refractivity contribution < 1.29 is 26.9 Å². The molecule has 1 atom stereocenters. The Bertz CT molecular complexity index is 1510. The quantitative estimate of drug-likeness (QED) is 0.462. The van der Waals surface area contributed by atoms with Crippen LogP contribution < -0.4 is 14.7 Å². The summed E-state index contributed by atoms with van der Waals surface area (Å²) in [6, 6.07) is 21.4. The number of hydrogen-bond donors (Lipinski definition) is 1. The van der Waals surface area contributed by atoms with E-state index >= 15 is 0 Å². The van der Waals surface area contributed by atoms with Gasteiger partial charge in [-0.25, -0.2) is 4.99 Å². The van der Waals surface area contributed by atoms with Crippen LogP contribution in [0.3, 0.4) is 0 Å². The zero-order valence-corrected chi connectivity index (χ0v) is 23.1. The van der Waals surface area contributed by atoms with Crippen molar-refractivity contribution in [1.82, 2.24) is 9.21 Å². The first-order valence-corrected chi connectivity index (χ1v) is 13.4. The number of carbonyl (C=O) groups excluding carboxylic acids is 1. The van der Waals surface area contributed by atoms with Crippen molar-refractivity contribution >= 4 is 34.6 Å². The van der Waals surface area contributed by atoms with Crippen molar-refractivity contribution in [3.8, 4) is 22.6 Å². The van der Waals surface area contributed by atoms with Gasteiger partial charge in [0.15, 0.2) is 11.5 Å². The van der Waals surface area contributed by atoms with E-state index in [9.17, 15) is 13.2 Å². The summed E-state index contributed by atoms with van der Waals surface area (Å²) in [5.74, 6) is 0.446. The Balaban J connectivity index is 0.00000353. The molecule has 206 valence electrons. The molecule has 1 amide bonds. The molecule has 10 nitrogen and oxygen atoms in total. The largest absolute Gasteiger partial charge is 0.497 e. The van der Waals surface area contributed by atoms with E-state index in [-0.39, 0.29) is 43.1 Å². The number of likely N-dealkylation sites (N-methyl/N-ethyl adjacent to an activating group) is 1. The Morgan fingerprint density at radius 1 is 0.923 bits per heavy atom. The van der Waals surface area contributed by atoms with Crippen molar-refractivity contribution in [2.45, 2.75) is 5.54 Å². The van der Waals surface area contributed by atoms with E-state index < -0.39 is 15.8 Å². The second-order valence-corrected chi connectivity index (χ2v) is 10.5. The fraction of sp³-hybridized carbons (Fsp3) is 0.259. The van der Waals surface area contributed by atoms with Gasteiger partial charge in [0.2, 0.25) is 0 Å². The normalized spacial score (nSPS) is 19.8. The molecule has 0 bridgehead atoms. The van der Waals surface area contributed by atoms with Crippen molar-refractivity contribution in [2.24, 2.45) is 10.7 Å². The SMILES string of the molecule is COc1cccc(-c2cccc(C3(c4cccc(OS(=O)(=O)N5CCOCC5)c4)N=C(N)N(C)C3=O)c2)c1.Cl. The van der Waals surface area contributed by atoms with E-state index in [1.807, 2.05) is 42.5 Å². The van der Waals surface area contributed by atoms with Crippen LogP contribution in [0, 0.1) is 0 Å². The number of amides is 1. The molecular formula is C27H29ClN4O6S. The number of ether oxygens (including phenoxy) is 2. The summed E-state index contributed by atoms with van der Waals surface area (Å²) in [6.45, 7) is 0.995. The van der Waals surface area contributed by atoms with Crippen LogP contribution in [-0.4, -0.2) is 70.0 Å². The van der Waals surface area contributed by atoms with Gasteiger partial charge in [0.25, 0.3) is 5.91 Å². The van der Waals surface area contributed by atoms with Crippen molar-refractivity contribution in [1.29, 1.82) is 0 Å². The molecule has 2 N–H and O–H groups in total. The van der Waals surface area contributed by atoms with Gasteiger partial charge < -0.3 is 19.4 Å². The van der Waals surface area contributed by atoms with Crippen LogP contribution in [0.5, 0.6) is 11.5 Å². The lowest BCUT2D eigenvalue weighted by molar-refractivity contribution is -0.129. The van der Waals surface area contributed by atoms with Crippen LogP contribution in [0.25, 0.3) is 11.1 Å². The molecule has 2 heterocycles. The first-order valence-electron chi connectivity index (χ1n) is 12.0. The standard InChI is InChI=1S/C27H28N4O6S.ClH/c1-30-25(32)27(29-26(30)28,21-8-3-6-19(16-21)20-7-4-10-23(17-20)35-2)22-9-5-11-24(18-22)37-38(33,34)31-12-14-36-15-13-31;/h3-11,16-18H,12-15H2,1-2H3,(H2,28,29);1H. The maximum absolute atomic E-state index is 13.8. The van der Waals surface area contributed by atoms with E-state index in [4.69, 9.17) is 19.4 Å². The maximum atomic E-state index is 13.8. The van der Waals surface area contributed by atoms with Gasteiger partial charge in [0.05, 0.1) is 20.3 Å². The Hall–Kier alpha value is -3.64. The molecule has 0 aromatic heterocycles. The van der Waals surface area contributed by atoms with Crippen molar-refractivity contribution in [2.75, 3.05) is 40.5 Å². The van der Waals surface area contributed by atoms with Crippen LogP contribution in [-0.2, 0) is 25.4 Å². The van der Waals surface area contributed by atoms with Gasteiger partial charge in [0, 0.05) is 20.1 Å². The van der Waals surface area contributed by atoms with Gasteiger partial charge in [-0.2, -0.15) is 12.7 Å². The third-order valence-corrected chi connectivity index (χ3v) is 8.06. The number of morpholine rings is 1. The van der Waals surface area contributed by atoms with E-state index in [0.717, 1.165) is 11.1 Å². The fourth-order valence-electron chi connectivity index (χ4n) is 4.63. The van der Waals surface area contributed by atoms with E-state index in [1.54, 1.807) is 32.4 Å². The molecule has 3 aromatic carbocycles. The number of nitrogens with zero attached hydrogens (tertiary/aromatic N) is 3. The van der Waals surface area contributed by atoms with Gasteiger partial charge in [-0.1, -0.05) is 42.5 Å². The van der Waals surface area contributed by atoms with Crippen molar-refractivity contribution in [3.63, 3.8) is 0 Å². The highest BCUT2D eigenvalue weighted by atomic mass is 35.5. The summed E-state index contributed by atoms with van der Waals surface area (Å²) < 4.78 is 43.0. The third-order valence-electron chi connectivity index (χ3n) is 6.66. The number of hydrogen-bond acceptors (Lipinski definition) is 8. The molecule has 1 unspecified atom stereocenters. The molecule has 2 aliphatic heterocycles. The van der Waals surface area contributed by atoms with Gasteiger partial charge in [0.1, 0.15) is 11.5 Å². The van der Waals surface area contributed by atoms with E-state index in [2.05, 4.69) is 4.99 Å². The number of halogens is 1. The zero-order valence-electron chi connectivity index (χ0n) is 21.4. The van der Waals surface area contributed by atoms with Gasteiger partial charge in [-0.3, -0.25) is 9.69 Å². The molecule has 0 aliphatic carbocycles. The molecular weight excluding hydrogens is 544 g/mol.